The summed E-state index contributed by atoms with van der Waals surface area (Å²) in [7, 11) is 0. The van der Waals surface area contributed by atoms with Gasteiger partial charge in [0.1, 0.15) is 23.0 Å². The zero-order valence-corrected chi connectivity index (χ0v) is 25.0. The quantitative estimate of drug-likeness (QED) is 0.270. The van der Waals surface area contributed by atoms with Crippen molar-refractivity contribution in [3.8, 4) is 17.1 Å². The number of benzene rings is 2. The molecule has 1 fully saturated rings. The number of carbonyl (C=O) groups excluding carboxylic acids is 1. The summed E-state index contributed by atoms with van der Waals surface area (Å²) >= 11 is 0. The number of hydrogen-bond donors (Lipinski definition) is 1. The molecule has 1 atom stereocenters. The fourth-order valence-electron chi connectivity index (χ4n) is 6.20. The van der Waals surface area contributed by atoms with Crippen molar-refractivity contribution < 1.29 is 9.18 Å². The highest BCUT2D eigenvalue weighted by molar-refractivity contribution is 5.97. The number of anilines is 2. The van der Waals surface area contributed by atoms with Crippen LogP contribution in [0.3, 0.4) is 0 Å². The summed E-state index contributed by atoms with van der Waals surface area (Å²) in [5.74, 6) is -0.209. The van der Waals surface area contributed by atoms with E-state index in [9.17, 15) is 9.59 Å². The number of pyridine rings is 2. The average molecular weight is 592 g/mol. The summed E-state index contributed by atoms with van der Waals surface area (Å²) in [6, 6.07) is 16.3. The van der Waals surface area contributed by atoms with Crippen LogP contribution >= 0.6 is 0 Å². The van der Waals surface area contributed by atoms with Crippen molar-refractivity contribution in [1.82, 2.24) is 24.4 Å². The fourth-order valence-corrected chi connectivity index (χ4v) is 6.20. The van der Waals surface area contributed by atoms with Crippen LogP contribution in [0.5, 0.6) is 0 Å². The molecule has 1 saturated heterocycles. The van der Waals surface area contributed by atoms with E-state index in [1.54, 1.807) is 11.0 Å². The maximum atomic E-state index is 16.3. The largest absolute Gasteiger partial charge is 0.384 e. The van der Waals surface area contributed by atoms with Crippen molar-refractivity contribution in [3.63, 3.8) is 0 Å². The van der Waals surface area contributed by atoms with Crippen molar-refractivity contribution in [3.05, 3.63) is 94.7 Å². The van der Waals surface area contributed by atoms with Gasteiger partial charge in [0.15, 0.2) is 11.5 Å². The van der Waals surface area contributed by atoms with Crippen molar-refractivity contribution in [1.29, 1.82) is 0 Å². The molecule has 6 rings (SSSR count). The smallest absolute Gasteiger partial charge is 0.355 e. The normalized spacial score (nSPS) is 15.2. The van der Waals surface area contributed by atoms with Crippen LogP contribution in [0, 0.1) is 12.7 Å². The minimum Gasteiger partial charge on any atom is -0.384 e. The number of halogens is 1. The molecular weight excluding hydrogens is 557 g/mol. The van der Waals surface area contributed by atoms with Crippen molar-refractivity contribution in [2.24, 2.45) is 0 Å². The number of nitrogens with zero attached hydrogens (tertiary/aromatic N) is 6. The summed E-state index contributed by atoms with van der Waals surface area (Å²) in [6.45, 7) is 10.8. The van der Waals surface area contributed by atoms with E-state index >= 15 is 4.39 Å². The van der Waals surface area contributed by atoms with E-state index in [2.05, 4.69) is 23.5 Å². The summed E-state index contributed by atoms with van der Waals surface area (Å²) in [5.41, 5.74) is 8.72. The Bertz CT molecular complexity index is 2000. The molecule has 9 nitrogen and oxygen atoms in total. The van der Waals surface area contributed by atoms with Gasteiger partial charge < -0.3 is 15.5 Å². The predicted octanol–water partition coefficient (Wildman–Crippen LogP) is 5.20. The molecule has 224 valence electrons. The topological polar surface area (TPSA) is 110 Å². The van der Waals surface area contributed by atoms with Crippen LogP contribution in [0.4, 0.5) is 16.0 Å². The summed E-state index contributed by atoms with van der Waals surface area (Å²) < 4.78 is 17.8. The number of rotatable bonds is 6. The molecular formula is C34H34FN7O2. The first kappa shape index (κ1) is 29.0. The molecule has 5 aromatic rings. The third-order valence-corrected chi connectivity index (χ3v) is 8.24. The summed E-state index contributed by atoms with van der Waals surface area (Å²) in [6.07, 6.45) is 2.90. The number of para-hydroxylation sites is 1. The van der Waals surface area contributed by atoms with Gasteiger partial charge in [-0.1, -0.05) is 62.4 Å². The number of amides is 1. The van der Waals surface area contributed by atoms with Crippen molar-refractivity contribution in [2.75, 3.05) is 30.3 Å². The van der Waals surface area contributed by atoms with E-state index in [0.29, 0.717) is 47.6 Å². The molecule has 3 aromatic heterocycles. The Kier molecular flexibility index (Phi) is 7.59. The number of fused-ring (bicyclic) bond motifs is 2. The Hall–Kier alpha value is -5.12. The monoisotopic (exact) mass is 591 g/mol. The lowest BCUT2D eigenvalue weighted by Gasteiger charge is -2.40. The van der Waals surface area contributed by atoms with E-state index in [0.717, 1.165) is 29.4 Å². The van der Waals surface area contributed by atoms with Gasteiger partial charge in [-0.2, -0.15) is 4.98 Å². The average Bonchev–Trinajstić information content (AvgIpc) is 3.01. The minimum absolute atomic E-state index is 0.00799. The minimum atomic E-state index is -0.610. The molecule has 0 unspecified atom stereocenters. The second-order valence-corrected chi connectivity index (χ2v) is 11.2. The zero-order valence-electron chi connectivity index (χ0n) is 25.0. The fraction of sp³-hybridized carbons (Fsp3) is 0.265. The Morgan fingerprint density at radius 2 is 1.86 bits per heavy atom. The molecule has 0 saturated carbocycles. The molecule has 1 aliphatic rings. The van der Waals surface area contributed by atoms with Gasteiger partial charge in [0.25, 0.3) is 0 Å². The predicted molar refractivity (Wildman–Crippen MR) is 173 cm³/mol. The number of nitrogens with two attached hydrogens (primary N) is 1. The highest BCUT2D eigenvalue weighted by Crippen LogP contribution is 2.35. The standard InChI is InChI=1S/C34H34FN7O2/c1-5-10-22-13-9-11-20(3)31(22)42-33-25(32(39-34(42)44)41-16-15-40(19-21(41)4)28(43)6-2)18-26(35)30(38-33)29-24-14-8-7-12-23(24)17-27(36)37-29/h6-9,11-14,17-18,21H,2,5,10,15-16,19H2,1,3-4H3,(H2,36,37)/t21-/m0/s1. The lowest BCUT2D eigenvalue weighted by Crippen LogP contribution is -2.54. The molecule has 0 spiro atoms. The van der Waals surface area contributed by atoms with E-state index in [-0.39, 0.29) is 29.1 Å². The number of hydrogen-bond acceptors (Lipinski definition) is 7. The van der Waals surface area contributed by atoms with Gasteiger partial charge in [0.05, 0.1) is 11.1 Å². The Morgan fingerprint density at radius 3 is 2.61 bits per heavy atom. The Labute approximate surface area is 254 Å². The number of nitrogen functional groups attached to an aromatic ring is 1. The molecule has 2 N–H and O–H groups in total. The molecule has 44 heavy (non-hydrogen) atoms. The van der Waals surface area contributed by atoms with Gasteiger partial charge in [-0.3, -0.25) is 4.79 Å². The SMILES string of the molecule is C=CC(=O)N1CCN(c2nc(=O)n(-c3c(C)cccc3CCC)c3nc(-c4nc(N)cc5ccccc45)c(F)cc23)[C@@H](C)C1. The first-order chi connectivity index (χ1) is 21.2. The highest BCUT2D eigenvalue weighted by Gasteiger charge is 2.30. The Morgan fingerprint density at radius 1 is 1.07 bits per heavy atom. The number of aryl methyl sites for hydroxylation is 2. The van der Waals surface area contributed by atoms with Gasteiger partial charge in [-0.15, -0.1) is 0 Å². The molecule has 10 heteroatoms. The van der Waals surface area contributed by atoms with Gasteiger partial charge in [-0.25, -0.2) is 23.7 Å². The molecule has 2 aromatic carbocycles. The van der Waals surface area contributed by atoms with Crippen LogP contribution in [0.1, 0.15) is 31.4 Å². The van der Waals surface area contributed by atoms with Crippen molar-refractivity contribution in [2.45, 2.75) is 39.7 Å². The second kappa shape index (κ2) is 11.5. The first-order valence-corrected chi connectivity index (χ1v) is 14.8. The number of aromatic nitrogens is 4. The molecule has 1 aliphatic heterocycles. The van der Waals surface area contributed by atoms with Crippen LogP contribution in [0.2, 0.25) is 0 Å². The van der Waals surface area contributed by atoms with E-state index in [1.807, 2.05) is 61.2 Å². The van der Waals surface area contributed by atoms with Crippen LogP contribution in [0.25, 0.3) is 38.9 Å². The zero-order chi connectivity index (χ0) is 31.1. The molecule has 0 radical (unpaired) electrons. The lowest BCUT2D eigenvalue weighted by molar-refractivity contribution is -0.126. The van der Waals surface area contributed by atoms with Crippen LogP contribution < -0.4 is 16.3 Å². The first-order valence-electron chi connectivity index (χ1n) is 14.8. The van der Waals surface area contributed by atoms with Crippen LogP contribution in [0.15, 0.2) is 72.0 Å². The van der Waals surface area contributed by atoms with E-state index < -0.39 is 11.5 Å². The third kappa shape index (κ3) is 4.96. The lowest BCUT2D eigenvalue weighted by atomic mass is 10.0. The third-order valence-electron chi connectivity index (χ3n) is 8.24. The van der Waals surface area contributed by atoms with Gasteiger partial charge >= 0.3 is 5.69 Å². The Balaban J connectivity index is 1.66. The number of piperazine rings is 1. The maximum Gasteiger partial charge on any atom is 0.355 e. The molecule has 0 bridgehead atoms. The molecule has 1 amide bonds. The van der Waals surface area contributed by atoms with E-state index in [1.165, 1.54) is 16.7 Å². The van der Waals surface area contributed by atoms with Crippen LogP contribution in [-0.4, -0.2) is 56.0 Å². The highest BCUT2D eigenvalue weighted by atomic mass is 19.1. The summed E-state index contributed by atoms with van der Waals surface area (Å²) in [4.78, 5) is 44.0. The maximum absolute atomic E-state index is 16.3. The van der Waals surface area contributed by atoms with E-state index in [4.69, 9.17) is 10.7 Å². The van der Waals surface area contributed by atoms with Gasteiger partial charge in [0, 0.05) is 31.1 Å². The van der Waals surface area contributed by atoms with Gasteiger partial charge in [-0.05, 0) is 55.0 Å². The summed E-state index contributed by atoms with van der Waals surface area (Å²) in [5, 5.41) is 1.88. The molecule has 4 heterocycles. The molecule has 0 aliphatic carbocycles. The number of carbonyl (C=O) groups is 1. The second-order valence-electron chi connectivity index (χ2n) is 11.2. The van der Waals surface area contributed by atoms with Crippen LogP contribution in [-0.2, 0) is 11.2 Å². The van der Waals surface area contributed by atoms with Crippen molar-refractivity contribution >= 4 is 39.3 Å². The van der Waals surface area contributed by atoms with Gasteiger partial charge in [0.2, 0.25) is 5.91 Å².